The first-order valence-electron chi connectivity index (χ1n) is 7.94. The summed E-state index contributed by atoms with van der Waals surface area (Å²) in [5, 5.41) is 5.93. The molecule has 0 radical (unpaired) electrons. The molecular weight excluding hydrogens is 344 g/mol. The first-order valence-corrected chi connectivity index (χ1v) is 8.92. The topological polar surface area (TPSA) is 100 Å². The van der Waals surface area contributed by atoms with Gasteiger partial charge in [0, 0.05) is 17.7 Å². The lowest BCUT2D eigenvalue weighted by atomic mass is 9.84. The van der Waals surface area contributed by atoms with Gasteiger partial charge >= 0.3 is 6.03 Å². The van der Waals surface area contributed by atoms with Crippen LogP contribution in [-0.4, -0.2) is 53.4 Å². The number of hydrogen-bond acceptors (Lipinski definition) is 6. The van der Waals surface area contributed by atoms with Crippen LogP contribution >= 0.6 is 11.8 Å². The second-order valence-corrected chi connectivity index (χ2v) is 6.99. The molecule has 4 rings (SSSR count). The molecule has 130 valence electrons. The number of benzene rings is 1. The van der Waals surface area contributed by atoms with Crippen molar-refractivity contribution in [2.45, 2.75) is 12.0 Å². The minimum Gasteiger partial charge on any atom is -0.493 e. The molecule has 1 saturated heterocycles. The van der Waals surface area contributed by atoms with Crippen molar-refractivity contribution in [1.29, 1.82) is 0 Å². The highest BCUT2D eigenvalue weighted by Crippen LogP contribution is 2.40. The second kappa shape index (κ2) is 6.07. The largest absolute Gasteiger partial charge is 0.493 e. The molecule has 4 amide bonds. The highest BCUT2D eigenvalue weighted by molar-refractivity contribution is 8.14. The lowest BCUT2D eigenvalue weighted by Crippen LogP contribution is -2.48. The van der Waals surface area contributed by atoms with Crippen LogP contribution in [0.4, 0.5) is 4.79 Å². The summed E-state index contributed by atoms with van der Waals surface area (Å²) in [5.74, 6) is 0.530. The van der Waals surface area contributed by atoms with Gasteiger partial charge in [-0.2, -0.15) is 0 Å². The van der Waals surface area contributed by atoms with Crippen molar-refractivity contribution >= 4 is 34.8 Å². The van der Waals surface area contributed by atoms with Crippen molar-refractivity contribution in [3.05, 3.63) is 29.8 Å². The van der Waals surface area contributed by atoms with E-state index >= 15 is 0 Å². The number of carbonyl (C=O) groups is 3. The number of rotatable bonds is 2. The van der Waals surface area contributed by atoms with Gasteiger partial charge in [0.2, 0.25) is 5.91 Å². The molecular formula is C16H16N4O4S. The van der Waals surface area contributed by atoms with E-state index in [0.29, 0.717) is 36.1 Å². The van der Waals surface area contributed by atoms with Gasteiger partial charge in [0.05, 0.1) is 13.2 Å². The number of aliphatic imine (C=N–C) groups is 1. The quantitative estimate of drug-likeness (QED) is 0.746. The Morgan fingerprint density at radius 2 is 2.24 bits per heavy atom. The van der Waals surface area contributed by atoms with Gasteiger partial charge in [-0.1, -0.05) is 30.0 Å². The maximum Gasteiger partial charge on any atom is 0.325 e. The summed E-state index contributed by atoms with van der Waals surface area (Å²) in [6.45, 7) is 0.634. The molecule has 25 heavy (non-hydrogen) atoms. The van der Waals surface area contributed by atoms with Crippen LogP contribution in [0.25, 0.3) is 0 Å². The molecule has 0 aromatic heterocycles. The normalized spacial score (nSPS) is 24.6. The molecule has 1 fully saturated rings. The smallest absolute Gasteiger partial charge is 0.325 e. The van der Waals surface area contributed by atoms with E-state index in [9.17, 15) is 14.4 Å². The number of para-hydroxylation sites is 1. The molecule has 1 atom stereocenters. The molecule has 3 aliphatic heterocycles. The van der Waals surface area contributed by atoms with Gasteiger partial charge in [0.15, 0.2) is 10.7 Å². The number of amidine groups is 1. The molecule has 3 heterocycles. The predicted octanol–water partition coefficient (Wildman–Crippen LogP) is 0.435. The Kier molecular flexibility index (Phi) is 3.87. The van der Waals surface area contributed by atoms with Crippen molar-refractivity contribution in [3.8, 4) is 5.75 Å². The summed E-state index contributed by atoms with van der Waals surface area (Å²) in [6, 6.07) is 6.56. The first-order chi connectivity index (χ1) is 12.1. The van der Waals surface area contributed by atoms with Gasteiger partial charge in [0.1, 0.15) is 12.3 Å². The Morgan fingerprint density at radius 3 is 3.04 bits per heavy atom. The van der Waals surface area contributed by atoms with Gasteiger partial charge < -0.3 is 15.4 Å². The van der Waals surface area contributed by atoms with E-state index in [-0.39, 0.29) is 6.54 Å². The van der Waals surface area contributed by atoms with Gasteiger partial charge in [0.25, 0.3) is 5.91 Å². The Balaban J connectivity index is 1.56. The van der Waals surface area contributed by atoms with Crippen molar-refractivity contribution in [1.82, 2.24) is 15.5 Å². The summed E-state index contributed by atoms with van der Waals surface area (Å²) < 4.78 is 5.58. The van der Waals surface area contributed by atoms with Crippen LogP contribution in [-0.2, 0) is 15.1 Å². The molecule has 0 saturated carbocycles. The third-order valence-corrected chi connectivity index (χ3v) is 5.28. The fourth-order valence-corrected chi connectivity index (χ4v) is 3.97. The first kappa shape index (κ1) is 15.9. The van der Waals surface area contributed by atoms with Crippen LogP contribution in [0.3, 0.4) is 0 Å². The maximum atomic E-state index is 13.0. The van der Waals surface area contributed by atoms with Crippen LogP contribution in [0.2, 0.25) is 0 Å². The summed E-state index contributed by atoms with van der Waals surface area (Å²) in [6.07, 6.45) is 0.329. The Labute approximate surface area is 148 Å². The Hall–Kier alpha value is -2.55. The third-order valence-electron chi connectivity index (χ3n) is 4.39. The van der Waals surface area contributed by atoms with E-state index in [2.05, 4.69) is 15.6 Å². The zero-order valence-electron chi connectivity index (χ0n) is 13.3. The van der Waals surface area contributed by atoms with E-state index in [1.807, 2.05) is 6.07 Å². The predicted molar refractivity (Wildman–Crippen MR) is 91.4 cm³/mol. The summed E-state index contributed by atoms with van der Waals surface area (Å²) in [5.41, 5.74) is -0.538. The highest BCUT2D eigenvalue weighted by atomic mass is 32.2. The number of ether oxygens (including phenoxy) is 1. The average molecular weight is 360 g/mol. The minimum absolute atomic E-state index is 0.316. The van der Waals surface area contributed by atoms with Gasteiger partial charge in [-0.25, -0.2) is 4.79 Å². The van der Waals surface area contributed by atoms with Crippen molar-refractivity contribution in [2.75, 3.05) is 25.4 Å². The SMILES string of the molecule is O=C(CN1C(=O)N[C@@]2(CCOc3ccccc32)C1=O)NC1=NCCS1. The Bertz CT molecular complexity index is 796. The molecule has 1 aromatic rings. The molecule has 1 aromatic carbocycles. The number of nitrogens with zero attached hydrogens (tertiary/aromatic N) is 2. The summed E-state index contributed by atoms with van der Waals surface area (Å²) >= 11 is 1.44. The number of urea groups is 1. The van der Waals surface area contributed by atoms with Gasteiger partial charge in [-0.3, -0.25) is 19.5 Å². The molecule has 0 bridgehead atoms. The lowest BCUT2D eigenvalue weighted by Gasteiger charge is -2.33. The molecule has 0 unspecified atom stereocenters. The fourth-order valence-electron chi connectivity index (χ4n) is 3.23. The van der Waals surface area contributed by atoms with Crippen molar-refractivity contribution in [2.24, 2.45) is 4.99 Å². The lowest BCUT2D eigenvalue weighted by molar-refractivity contribution is -0.135. The number of fused-ring (bicyclic) bond motifs is 2. The number of imide groups is 1. The third kappa shape index (κ3) is 2.64. The zero-order chi connectivity index (χ0) is 17.4. The molecule has 2 N–H and O–H groups in total. The number of nitrogens with one attached hydrogen (secondary N) is 2. The number of carbonyl (C=O) groups excluding carboxylic acids is 3. The summed E-state index contributed by atoms with van der Waals surface area (Å²) in [7, 11) is 0. The van der Waals surface area contributed by atoms with E-state index in [1.54, 1.807) is 18.2 Å². The fraction of sp³-hybridized carbons (Fsp3) is 0.375. The maximum absolute atomic E-state index is 13.0. The molecule has 0 aliphatic carbocycles. The molecule has 8 nitrogen and oxygen atoms in total. The van der Waals surface area contributed by atoms with Crippen molar-refractivity contribution in [3.63, 3.8) is 0 Å². The van der Waals surface area contributed by atoms with E-state index in [4.69, 9.17) is 4.74 Å². The molecule has 3 aliphatic rings. The highest BCUT2D eigenvalue weighted by Gasteiger charge is 2.55. The second-order valence-electron chi connectivity index (χ2n) is 5.90. The van der Waals surface area contributed by atoms with E-state index < -0.39 is 23.4 Å². The number of amides is 4. The summed E-state index contributed by atoms with van der Waals surface area (Å²) in [4.78, 5) is 42.6. The van der Waals surface area contributed by atoms with Crippen LogP contribution < -0.4 is 15.4 Å². The van der Waals surface area contributed by atoms with Crippen LogP contribution in [0.5, 0.6) is 5.75 Å². The van der Waals surface area contributed by atoms with Crippen molar-refractivity contribution < 1.29 is 19.1 Å². The van der Waals surface area contributed by atoms with Crippen LogP contribution in [0, 0.1) is 0 Å². The molecule has 1 spiro atoms. The number of hydrogen-bond donors (Lipinski definition) is 2. The zero-order valence-corrected chi connectivity index (χ0v) is 14.1. The van der Waals surface area contributed by atoms with Crippen LogP contribution in [0.15, 0.2) is 29.3 Å². The Morgan fingerprint density at radius 1 is 1.40 bits per heavy atom. The standard InChI is InChI=1S/C16H16N4O4S/c21-12(18-14-17-6-8-25-14)9-20-13(22)16(19-15(20)23)5-7-24-11-4-2-1-3-10(11)16/h1-4H,5-9H2,(H,19,23)(H,17,18,21)/t16-/m1/s1. The van der Waals surface area contributed by atoms with Gasteiger partial charge in [-0.15, -0.1) is 0 Å². The van der Waals surface area contributed by atoms with Gasteiger partial charge in [-0.05, 0) is 6.07 Å². The van der Waals surface area contributed by atoms with E-state index in [0.717, 1.165) is 10.7 Å². The number of thioether (sulfide) groups is 1. The average Bonchev–Trinajstić information content (AvgIpc) is 3.19. The minimum atomic E-state index is -1.16. The van der Waals surface area contributed by atoms with E-state index in [1.165, 1.54) is 11.8 Å². The monoisotopic (exact) mass is 360 g/mol. The molecule has 9 heteroatoms. The van der Waals surface area contributed by atoms with Crippen LogP contribution in [0.1, 0.15) is 12.0 Å².